The summed E-state index contributed by atoms with van der Waals surface area (Å²) in [4.78, 5) is 0. The fourth-order valence-corrected chi connectivity index (χ4v) is 2.56. The first-order valence-electron chi connectivity index (χ1n) is 6.13. The SMILES string of the molecule is CC(C)(C)c1cc(Br)cc(C#C[Si](C)(C)C)c1N. The average Bonchev–Trinajstić information content (AvgIpc) is 2.16. The minimum absolute atomic E-state index is 0.0312. The van der Waals surface area contributed by atoms with Gasteiger partial charge >= 0.3 is 0 Å². The first-order chi connectivity index (χ1) is 8.00. The van der Waals surface area contributed by atoms with E-state index in [0.717, 1.165) is 21.3 Å². The van der Waals surface area contributed by atoms with E-state index in [1.165, 1.54) is 0 Å². The van der Waals surface area contributed by atoms with Gasteiger partial charge in [0.05, 0.1) is 5.69 Å². The summed E-state index contributed by atoms with van der Waals surface area (Å²) < 4.78 is 1.04. The molecule has 0 radical (unpaired) electrons. The predicted molar refractivity (Wildman–Crippen MR) is 87.5 cm³/mol. The molecule has 98 valence electrons. The highest BCUT2D eigenvalue weighted by Gasteiger charge is 2.19. The number of hydrogen-bond acceptors (Lipinski definition) is 1. The summed E-state index contributed by atoms with van der Waals surface area (Å²) in [6, 6.07) is 4.10. The number of nitrogens with two attached hydrogens (primary N) is 1. The first kappa shape index (κ1) is 15.3. The summed E-state index contributed by atoms with van der Waals surface area (Å²) in [7, 11) is -1.38. The van der Waals surface area contributed by atoms with Crippen molar-refractivity contribution >= 4 is 29.7 Å². The molecule has 0 aromatic heterocycles. The summed E-state index contributed by atoms with van der Waals surface area (Å²) in [6.45, 7) is 13.2. The third kappa shape index (κ3) is 4.19. The van der Waals surface area contributed by atoms with Crippen LogP contribution in [0.3, 0.4) is 0 Å². The van der Waals surface area contributed by atoms with Crippen LogP contribution in [0.1, 0.15) is 31.9 Å². The minimum atomic E-state index is -1.38. The quantitative estimate of drug-likeness (QED) is 0.423. The van der Waals surface area contributed by atoms with Crippen molar-refractivity contribution in [3.05, 3.63) is 27.7 Å². The molecule has 0 aliphatic rings. The number of anilines is 1. The summed E-state index contributed by atoms with van der Waals surface area (Å²) >= 11 is 3.55. The molecule has 0 aliphatic heterocycles. The summed E-state index contributed by atoms with van der Waals surface area (Å²) in [5.41, 5.74) is 12.6. The van der Waals surface area contributed by atoms with E-state index in [9.17, 15) is 0 Å². The van der Waals surface area contributed by atoms with E-state index in [0.29, 0.717) is 0 Å². The number of rotatable bonds is 0. The zero-order valence-electron chi connectivity index (χ0n) is 12.1. The summed E-state index contributed by atoms with van der Waals surface area (Å²) in [5.74, 6) is 3.26. The van der Waals surface area contributed by atoms with Gasteiger partial charge in [-0.2, -0.15) is 0 Å². The van der Waals surface area contributed by atoms with Gasteiger partial charge in [-0.3, -0.25) is 0 Å². The second kappa shape index (κ2) is 5.11. The van der Waals surface area contributed by atoms with Crippen molar-refractivity contribution in [1.82, 2.24) is 0 Å². The molecular formula is C15H22BrNSi. The molecule has 0 saturated heterocycles. The highest BCUT2D eigenvalue weighted by molar-refractivity contribution is 9.10. The number of nitrogen functional groups attached to an aromatic ring is 1. The maximum absolute atomic E-state index is 6.26. The molecule has 0 atom stereocenters. The van der Waals surface area contributed by atoms with Crippen LogP contribution in [0.25, 0.3) is 0 Å². The van der Waals surface area contributed by atoms with Gasteiger partial charge in [-0.05, 0) is 23.1 Å². The molecule has 1 nitrogen and oxygen atoms in total. The van der Waals surface area contributed by atoms with Crippen molar-refractivity contribution in [1.29, 1.82) is 0 Å². The second-order valence-corrected chi connectivity index (χ2v) is 12.3. The molecule has 0 aliphatic carbocycles. The second-order valence-electron chi connectivity index (χ2n) is 6.66. The maximum Gasteiger partial charge on any atom is 0.129 e. The number of hydrogen-bond donors (Lipinski definition) is 1. The Morgan fingerprint density at radius 3 is 2.17 bits per heavy atom. The van der Waals surface area contributed by atoms with Gasteiger partial charge in [0.25, 0.3) is 0 Å². The van der Waals surface area contributed by atoms with Gasteiger partial charge in [0, 0.05) is 10.0 Å². The Morgan fingerprint density at radius 2 is 1.72 bits per heavy atom. The molecule has 1 aromatic carbocycles. The van der Waals surface area contributed by atoms with E-state index in [1.54, 1.807) is 0 Å². The van der Waals surface area contributed by atoms with E-state index in [1.807, 2.05) is 6.07 Å². The molecular weight excluding hydrogens is 302 g/mol. The molecule has 18 heavy (non-hydrogen) atoms. The van der Waals surface area contributed by atoms with E-state index in [2.05, 4.69) is 73.9 Å². The van der Waals surface area contributed by atoms with Crippen LogP contribution in [0.4, 0.5) is 5.69 Å². The largest absolute Gasteiger partial charge is 0.397 e. The van der Waals surface area contributed by atoms with Crippen LogP contribution in [0.15, 0.2) is 16.6 Å². The average molecular weight is 324 g/mol. The number of halogens is 1. The standard InChI is InChI=1S/C15H22BrNSi/c1-15(2,3)13-10-12(16)9-11(14(13)17)7-8-18(4,5)6/h9-10H,17H2,1-6H3. The topological polar surface area (TPSA) is 26.0 Å². The maximum atomic E-state index is 6.26. The molecule has 0 amide bonds. The van der Waals surface area contributed by atoms with Crippen LogP contribution in [0.5, 0.6) is 0 Å². The highest BCUT2D eigenvalue weighted by atomic mass is 79.9. The normalized spacial score (nSPS) is 11.9. The van der Waals surface area contributed by atoms with Crippen LogP contribution in [-0.2, 0) is 5.41 Å². The van der Waals surface area contributed by atoms with Crippen molar-refractivity contribution in [2.45, 2.75) is 45.8 Å². The Labute approximate surface area is 120 Å². The van der Waals surface area contributed by atoms with Gasteiger partial charge in [-0.25, -0.2) is 0 Å². The lowest BCUT2D eigenvalue weighted by atomic mass is 9.85. The predicted octanol–water partition coefficient (Wildman–Crippen LogP) is 4.56. The Hall–Kier alpha value is -0.723. The number of benzene rings is 1. The summed E-state index contributed by atoms with van der Waals surface area (Å²) in [5, 5.41) is 0. The van der Waals surface area contributed by atoms with Crippen LogP contribution in [-0.4, -0.2) is 8.07 Å². The first-order valence-corrected chi connectivity index (χ1v) is 10.4. The van der Waals surface area contributed by atoms with Gasteiger partial charge in [0.15, 0.2) is 0 Å². The van der Waals surface area contributed by atoms with Gasteiger partial charge < -0.3 is 5.73 Å². The molecule has 1 aromatic rings. The van der Waals surface area contributed by atoms with Gasteiger partial charge in [-0.1, -0.05) is 62.3 Å². The summed E-state index contributed by atoms with van der Waals surface area (Å²) in [6.07, 6.45) is 0. The molecule has 0 fully saturated rings. The zero-order chi connectivity index (χ0) is 14.1. The molecule has 0 bridgehead atoms. The monoisotopic (exact) mass is 323 g/mol. The minimum Gasteiger partial charge on any atom is -0.397 e. The molecule has 2 N–H and O–H groups in total. The van der Waals surface area contributed by atoms with Crippen LogP contribution in [0, 0.1) is 11.5 Å². The van der Waals surface area contributed by atoms with E-state index in [-0.39, 0.29) is 5.41 Å². The molecule has 3 heteroatoms. The molecule has 1 rings (SSSR count). The lowest BCUT2D eigenvalue weighted by Crippen LogP contribution is -2.17. The molecule has 0 unspecified atom stereocenters. The lowest BCUT2D eigenvalue weighted by Gasteiger charge is -2.22. The van der Waals surface area contributed by atoms with Gasteiger partial charge in [-0.15, -0.1) is 5.54 Å². The Kier molecular flexibility index (Phi) is 4.35. The third-order valence-electron chi connectivity index (χ3n) is 2.52. The van der Waals surface area contributed by atoms with Crippen LogP contribution < -0.4 is 5.73 Å². The van der Waals surface area contributed by atoms with Crippen LogP contribution in [0.2, 0.25) is 19.6 Å². The fraction of sp³-hybridized carbons (Fsp3) is 0.467. The van der Waals surface area contributed by atoms with E-state index >= 15 is 0 Å². The smallest absolute Gasteiger partial charge is 0.129 e. The Morgan fingerprint density at radius 1 is 1.17 bits per heavy atom. The molecule has 0 spiro atoms. The van der Waals surface area contributed by atoms with Gasteiger partial charge in [0.2, 0.25) is 0 Å². The molecule has 0 saturated carbocycles. The van der Waals surface area contributed by atoms with Gasteiger partial charge in [0.1, 0.15) is 8.07 Å². The van der Waals surface area contributed by atoms with Crippen molar-refractivity contribution in [3.63, 3.8) is 0 Å². The fourth-order valence-electron chi connectivity index (χ4n) is 1.60. The Bertz CT molecular complexity index is 510. The third-order valence-corrected chi connectivity index (χ3v) is 3.86. The van der Waals surface area contributed by atoms with Crippen LogP contribution >= 0.6 is 15.9 Å². The van der Waals surface area contributed by atoms with Crippen molar-refractivity contribution < 1.29 is 0 Å². The van der Waals surface area contributed by atoms with Crippen molar-refractivity contribution in [2.24, 2.45) is 0 Å². The highest BCUT2D eigenvalue weighted by Crippen LogP contribution is 2.32. The van der Waals surface area contributed by atoms with Crippen molar-refractivity contribution in [3.8, 4) is 11.5 Å². The molecule has 0 heterocycles. The lowest BCUT2D eigenvalue weighted by molar-refractivity contribution is 0.592. The van der Waals surface area contributed by atoms with E-state index in [4.69, 9.17) is 5.73 Å². The van der Waals surface area contributed by atoms with E-state index < -0.39 is 8.07 Å². The Balaban J connectivity index is 3.38. The van der Waals surface area contributed by atoms with Crippen molar-refractivity contribution in [2.75, 3.05) is 5.73 Å². The zero-order valence-corrected chi connectivity index (χ0v) is 14.7.